The van der Waals surface area contributed by atoms with Gasteiger partial charge in [-0.15, -0.1) is 0 Å². The molecule has 0 saturated carbocycles. The van der Waals surface area contributed by atoms with Crippen molar-refractivity contribution in [1.29, 1.82) is 0 Å². The zero-order valence-electron chi connectivity index (χ0n) is 14.4. The van der Waals surface area contributed by atoms with Gasteiger partial charge in [0.2, 0.25) is 17.6 Å². The largest absolute Gasteiger partial charge is 0.375 e. The molecule has 3 rings (SSSR count). The Labute approximate surface area is 144 Å². The van der Waals surface area contributed by atoms with Gasteiger partial charge >= 0.3 is 0 Å². The van der Waals surface area contributed by atoms with E-state index >= 15 is 0 Å². The van der Waals surface area contributed by atoms with Crippen molar-refractivity contribution in [2.24, 2.45) is 0 Å². The van der Waals surface area contributed by atoms with Crippen molar-refractivity contribution in [2.45, 2.75) is 39.0 Å². The molecule has 1 fully saturated rings. The smallest absolute Gasteiger partial charge is 0.249 e. The second kappa shape index (κ2) is 7.28. The highest BCUT2D eigenvalue weighted by Gasteiger charge is 2.30. The number of halogens is 1. The van der Waals surface area contributed by atoms with E-state index < -0.39 is 12.1 Å². The summed E-state index contributed by atoms with van der Waals surface area (Å²) in [7, 11) is 0. The number of carbonyl (C=O) groups is 1. The van der Waals surface area contributed by atoms with Gasteiger partial charge in [0.1, 0.15) is 17.9 Å². The van der Waals surface area contributed by atoms with Gasteiger partial charge in [0, 0.05) is 12.1 Å². The predicted molar refractivity (Wildman–Crippen MR) is 88.2 cm³/mol. The summed E-state index contributed by atoms with van der Waals surface area (Å²) in [5.41, 5.74) is 1.16. The quantitative estimate of drug-likeness (QED) is 0.875. The van der Waals surface area contributed by atoms with Crippen molar-refractivity contribution >= 4 is 5.91 Å². The monoisotopic (exact) mass is 348 g/mol. The lowest BCUT2D eigenvalue weighted by Gasteiger charge is -2.29. The summed E-state index contributed by atoms with van der Waals surface area (Å²) in [5, 5.41) is 9.89. The number of aromatic nitrogens is 2. The van der Waals surface area contributed by atoms with Gasteiger partial charge in [-0.3, -0.25) is 4.79 Å². The molecule has 1 aliphatic rings. The SMILES string of the molecule is Cc1cc(-c2noc(C(C)NC(=O)[C@H]3NCCO[C@@H]3C)n2)ccc1F. The van der Waals surface area contributed by atoms with Gasteiger partial charge in [0.05, 0.1) is 12.7 Å². The van der Waals surface area contributed by atoms with Crippen LogP contribution in [0.1, 0.15) is 31.3 Å². The maximum absolute atomic E-state index is 13.4. The maximum Gasteiger partial charge on any atom is 0.249 e. The molecule has 0 radical (unpaired) electrons. The van der Waals surface area contributed by atoms with E-state index in [0.29, 0.717) is 30.1 Å². The Bertz CT molecular complexity index is 764. The van der Waals surface area contributed by atoms with Crippen molar-refractivity contribution in [1.82, 2.24) is 20.8 Å². The first-order valence-corrected chi connectivity index (χ1v) is 8.21. The molecule has 1 amide bonds. The minimum atomic E-state index is -0.453. The number of amides is 1. The molecule has 1 aromatic carbocycles. The van der Waals surface area contributed by atoms with Crippen LogP contribution in [0.5, 0.6) is 0 Å². The van der Waals surface area contributed by atoms with Crippen LogP contribution >= 0.6 is 0 Å². The Hall–Kier alpha value is -2.32. The van der Waals surface area contributed by atoms with E-state index in [1.165, 1.54) is 6.07 Å². The number of rotatable bonds is 4. The molecule has 1 saturated heterocycles. The Balaban J connectivity index is 1.68. The number of ether oxygens (including phenoxy) is 1. The van der Waals surface area contributed by atoms with Gasteiger partial charge in [0.15, 0.2) is 0 Å². The number of nitrogens with one attached hydrogen (secondary N) is 2. The Kier molecular flexibility index (Phi) is 5.10. The number of hydrogen-bond acceptors (Lipinski definition) is 6. The molecule has 134 valence electrons. The van der Waals surface area contributed by atoms with E-state index in [2.05, 4.69) is 20.8 Å². The first kappa shape index (κ1) is 17.5. The van der Waals surface area contributed by atoms with Crippen molar-refractivity contribution in [2.75, 3.05) is 13.2 Å². The molecule has 2 N–H and O–H groups in total. The first-order valence-electron chi connectivity index (χ1n) is 8.21. The number of benzene rings is 1. The van der Waals surface area contributed by atoms with Crippen LogP contribution in [0.15, 0.2) is 22.7 Å². The van der Waals surface area contributed by atoms with Crippen LogP contribution < -0.4 is 10.6 Å². The van der Waals surface area contributed by atoms with Crippen molar-refractivity contribution in [3.05, 3.63) is 35.5 Å². The molecular formula is C17H21FN4O3. The summed E-state index contributed by atoms with van der Waals surface area (Å²) in [4.78, 5) is 16.7. The van der Waals surface area contributed by atoms with E-state index in [-0.39, 0.29) is 23.7 Å². The number of carbonyl (C=O) groups excluding carboxylic acids is 1. The summed E-state index contributed by atoms with van der Waals surface area (Å²) in [6.07, 6.45) is -0.207. The summed E-state index contributed by atoms with van der Waals surface area (Å²) >= 11 is 0. The van der Waals surface area contributed by atoms with Crippen LogP contribution in [0, 0.1) is 12.7 Å². The average molecular weight is 348 g/mol. The van der Waals surface area contributed by atoms with Gasteiger partial charge in [-0.2, -0.15) is 4.98 Å². The molecule has 7 nitrogen and oxygen atoms in total. The molecule has 0 spiro atoms. The van der Waals surface area contributed by atoms with Gasteiger partial charge in [-0.25, -0.2) is 4.39 Å². The van der Waals surface area contributed by atoms with Crippen molar-refractivity contribution in [3.63, 3.8) is 0 Å². The van der Waals surface area contributed by atoms with Crippen LogP contribution in [0.2, 0.25) is 0 Å². The second-order valence-corrected chi connectivity index (χ2v) is 6.16. The van der Waals surface area contributed by atoms with Crippen molar-refractivity contribution < 1.29 is 18.4 Å². The molecule has 3 atom stereocenters. The van der Waals surface area contributed by atoms with E-state index in [9.17, 15) is 9.18 Å². The van der Waals surface area contributed by atoms with Gasteiger partial charge in [-0.05, 0) is 44.5 Å². The van der Waals surface area contributed by atoms with Crippen LogP contribution in [-0.2, 0) is 9.53 Å². The second-order valence-electron chi connectivity index (χ2n) is 6.16. The molecule has 1 aliphatic heterocycles. The first-order chi connectivity index (χ1) is 12.0. The molecular weight excluding hydrogens is 327 g/mol. The molecule has 2 aromatic rings. The molecule has 8 heteroatoms. The fourth-order valence-corrected chi connectivity index (χ4v) is 2.70. The summed E-state index contributed by atoms with van der Waals surface area (Å²) in [5.74, 6) is 0.169. The molecule has 0 bridgehead atoms. The highest BCUT2D eigenvalue weighted by atomic mass is 19.1. The maximum atomic E-state index is 13.4. The van der Waals surface area contributed by atoms with Crippen LogP contribution in [0.4, 0.5) is 4.39 Å². The average Bonchev–Trinajstić information content (AvgIpc) is 3.08. The number of nitrogens with zero attached hydrogens (tertiary/aromatic N) is 2. The fraction of sp³-hybridized carbons (Fsp3) is 0.471. The van der Waals surface area contributed by atoms with E-state index in [4.69, 9.17) is 9.26 Å². The van der Waals surface area contributed by atoms with E-state index in [0.717, 1.165) is 0 Å². The third kappa shape index (κ3) is 3.85. The normalized spacial score (nSPS) is 21.8. The summed E-state index contributed by atoms with van der Waals surface area (Å²) in [6, 6.07) is 3.73. The third-order valence-electron chi connectivity index (χ3n) is 4.19. The summed E-state index contributed by atoms with van der Waals surface area (Å²) < 4.78 is 24.1. The van der Waals surface area contributed by atoms with E-state index in [1.54, 1.807) is 26.0 Å². The molecule has 1 aromatic heterocycles. The lowest BCUT2D eigenvalue weighted by atomic mass is 10.1. The number of morpholine rings is 1. The fourth-order valence-electron chi connectivity index (χ4n) is 2.70. The zero-order chi connectivity index (χ0) is 18.0. The molecule has 0 aliphatic carbocycles. The Morgan fingerprint density at radius 3 is 3.00 bits per heavy atom. The summed E-state index contributed by atoms with van der Waals surface area (Å²) in [6.45, 7) is 6.50. The topological polar surface area (TPSA) is 89.3 Å². The third-order valence-corrected chi connectivity index (χ3v) is 4.19. The van der Waals surface area contributed by atoms with Crippen molar-refractivity contribution in [3.8, 4) is 11.4 Å². The lowest BCUT2D eigenvalue weighted by molar-refractivity contribution is -0.129. The molecule has 25 heavy (non-hydrogen) atoms. The van der Waals surface area contributed by atoms with Crippen LogP contribution in [0.3, 0.4) is 0 Å². The molecule has 2 heterocycles. The Morgan fingerprint density at radius 2 is 2.28 bits per heavy atom. The predicted octanol–water partition coefficient (Wildman–Crippen LogP) is 1.74. The van der Waals surface area contributed by atoms with E-state index in [1.807, 2.05) is 6.92 Å². The number of hydrogen-bond donors (Lipinski definition) is 2. The van der Waals surface area contributed by atoms with Gasteiger partial charge in [0.25, 0.3) is 0 Å². The minimum Gasteiger partial charge on any atom is -0.375 e. The standard InChI is InChI=1S/C17H21FN4O3/c1-9-8-12(4-5-13(9)18)15-21-17(25-22-15)10(2)20-16(23)14-11(3)24-7-6-19-14/h4-5,8,10-11,14,19H,6-7H2,1-3H3,(H,20,23)/t10?,11-,14+/m1/s1. The van der Waals surface area contributed by atoms with Crippen LogP contribution in [0.25, 0.3) is 11.4 Å². The molecule has 1 unspecified atom stereocenters. The highest BCUT2D eigenvalue weighted by molar-refractivity contribution is 5.82. The van der Waals surface area contributed by atoms with Gasteiger partial charge in [-0.1, -0.05) is 5.16 Å². The lowest BCUT2D eigenvalue weighted by Crippen LogP contribution is -2.55. The highest BCUT2D eigenvalue weighted by Crippen LogP contribution is 2.21. The van der Waals surface area contributed by atoms with Gasteiger partial charge < -0.3 is 19.9 Å². The minimum absolute atomic E-state index is 0.183. The Morgan fingerprint density at radius 1 is 1.48 bits per heavy atom. The zero-order valence-corrected chi connectivity index (χ0v) is 14.4. The number of aryl methyl sites for hydroxylation is 1. The van der Waals surface area contributed by atoms with Crippen LogP contribution in [-0.4, -0.2) is 41.3 Å².